The zero-order valence-electron chi connectivity index (χ0n) is 12.6. The molecule has 4 heterocycles. The molecule has 0 aliphatic carbocycles. The fourth-order valence-electron chi connectivity index (χ4n) is 3.20. The van der Waals surface area contributed by atoms with Gasteiger partial charge in [0.15, 0.2) is 0 Å². The molecule has 7 heteroatoms. The van der Waals surface area contributed by atoms with E-state index in [4.69, 9.17) is 5.73 Å². The fourth-order valence-corrected chi connectivity index (χ4v) is 3.20. The summed E-state index contributed by atoms with van der Waals surface area (Å²) in [5, 5.41) is 11.0. The number of nitrogens with one attached hydrogen (secondary N) is 1. The Bertz CT molecular complexity index is 845. The highest BCUT2D eigenvalue weighted by Crippen LogP contribution is 2.35. The van der Waals surface area contributed by atoms with Gasteiger partial charge in [0, 0.05) is 37.2 Å². The summed E-state index contributed by atoms with van der Waals surface area (Å²) in [5.74, 6) is 0.246. The number of piperidine rings is 1. The van der Waals surface area contributed by atoms with Gasteiger partial charge < -0.3 is 20.7 Å². The largest absolute Gasteiger partial charge is 0.391 e. The molecule has 7 nitrogen and oxygen atoms in total. The van der Waals surface area contributed by atoms with Crippen molar-refractivity contribution in [3.8, 4) is 11.3 Å². The van der Waals surface area contributed by atoms with E-state index in [0.29, 0.717) is 6.54 Å². The van der Waals surface area contributed by atoms with E-state index < -0.39 is 0 Å². The number of H-pyrrole nitrogens is 1. The Morgan fingerprint density at radius 1 is 1.26 bits per heavy atom. The lowest BCUT2D eigenvalue weighted by molar-refractivity contribution is 0.154. The predicted molar refractivity (Wildman–Crippen MR) is 89.0 cm³/mol. The summed E-state index contributed by atoms with van der Waals surface area (Å²) in [6.45, 7) is 1.56. The SMILES string of the molecule is Nc1nccc(-c2c[nH]c3nccc(N4CCCC(O)C4)c23)n1. The zero-order chi connectivity index (χ0) is 15.8. The summed E-state index contributed by atoms with van der Waals surface area (Å²) in [7, 11) is 0. The number of β-amino-alcohol motifs (C(OH)–C–C–N with tert-alkyl or cyclic N) is 1. The van der Waals surface area contributed by atoms with Crippen LogP contribution in [0.4, 0.5) is 11.6 Å². The van der Waals surface area contributed by atoms with Crippen LogP contribution < -0.4 is 10.6 Å². The van der Waals surface area contributed by atoms with E-state index in [2.05, 4.69) is 24.8 Å². The number of hydrogen-bond acceptors (Lipinski definition) is 6. The van der Waals surface area contributed by atoms with Crippen LogP contribution in [0.15, 0.2) is 30.7 Å². The third kappa shape index (κ3) is 2.49. The van der Waals surface area contributed by atoms with Crippen LogP contribution in [0.25, 0.3) is 22.3 Å². The number of aromatic amines is 1. The average Bonchev–Trinajstić information content (AvgIpc) is 2.99. The van der Waals surface area contributed by atoms with Crippen molar-refractivity contribution in [3.63, 3.8) is 0 Å². The molecule has 1 saturated heterocycles. The number of nitrogen functional groups attached to an aromatic ring is 1. The highest BCUT2D eigenvalue weighted by atomic mass is 16.3. The molecule has 0 saturated carbocycles. The molecule has 118 valence electrons. The van der Waals surface area contributed by atoms with Crippen molar-refractivity contribution in [2.75, 3.05) is 23.7 Å². The molecule has 0 aromatic carbocycles. The van der Waals surface area contributed by atoms with Crippen LogP contribution in [0.5, 0.6) is 0 Å². The van der Waals surface area contributed by atoms with Crippen LogP contribution in [0.1, 0.15) is 12.8 Å². The molecule has 3 aromatic heterocycles. The van der Waals surface area contributed by atoms with E-state index in [0.717, 1.165) is 47.4 Å². The molecule has 23 heavy (non-hydrogen) atoms. The van der Waals surface area contributed by atoms with Crippen molar-refractivity contribution < 1.29 is 5.11 Å². The predicted octanol–water partition coefficient (Wildman–Crippen LogP) is 1.56. The molecular formula is C16H18N6O. The lowest BCUT2D eigenvalue weighted by atomic mass is 10.0. The quantitative estimate of drug-likeness (QED) is 0.663. The molecule has 0 bridgehead atoms. The Morgan fingerprint density at radius 2 is 2.13 bits per heavy atom. The van der Waals surface area contributed by atoms with E-state index >= 15 is 0 Å². The number of nitrogens with zero attached hydrogens (tertiary/aromatic N) is 4. The van der Waals surface area contributed by atoms with Gasteiger partial charge in [0.05, 0.1) is 22.9 Å². The number of rotatable bonds is 2. The van der Waals surface area contributed by atoms with Crippen LogP contribution in [-0.2, 0) is 0 Å². The summed E-state index contributed by atoms with van der Waals surface area (Å²) in [5.41, 5.74) is 9.28. The minimum absolute atomic E-state index is 0.246. The molecular weight excluding hydrogens is 292 g/mol. The number of fused-ring (bicyclic) bond motifs is 1. The number of hydrogen-bond donors (Lipinski definition) is 3. The first-order chi connectivity index (χ1) is 11.2. The van der Waals surface area contributed by atoms with Crippen molar-refractivity contribution >= 4 is 22.7 Å². The minimum Gasteiger partial charge on any atom is -0.391 e. The van der Waals surface area contributed by atoms with Gasteiger partial charge in [-0.2, -0.15) is 0 Å². The number of nitrogens with two attached hydrogens (primary N) is 1. The topological polar surface area (TPSA) is 104 Å². The Balaban J connectivity index is 1.87. The Hall–Kier alpha value is -2.67. The van der Waals surface area contributed by atoms with Gasteiger partial charge in [-0.1, -0.05) is 0 Å². The van der Waals surface area contributed by atoms with Crippen LogP contribution in [0, 0.1) is 0 Å². The Kier molecular flexibility index (Phi) is 3.34. The van der Waals surface area contributed by atoms with Crippen molar-refractivity contribution in [1.82, 2.24) is 19.9 Å². The van der Waals surface area contributed by atoms with Crippen LogP contribution >= 0.6 is 0 Å². The second kappa shape index (κ2) is 5.51. The van der Waals surface area contributed by atoms with Crippen molar-refractivity contribution in [1.29, 1.82) is 0 Å². The fraction of sp³-hybridized carbons (Fsp3) is 0.312. The molecule has 1 aliphatic heterocycles. The van der Waals surface area contributed by atoms with Gasteiger partial charge in [0.2, 0.25) is 5.95 Å². The summed E-state index contributed by atoms with van der Waals surface area (Å²) in [6.07, 6.45) is 6.87. The molecule has 1 aliphatic rings. The molecule has 1 fully saturated rings. The third-order valence-corrected chi connectivity index (χ3v) is 4.24. The zero-order valence-corrected chi connectivity index (χ0v) is 12.6. The highest BCUT2D eigenvalue weighted by Gasteiger charge is 2.22. The van der Waals surface area contributed by atoms with Gasteiger partial charge in [-0.3, -0.25) is 0 Å². The Labute approximate surface area is 133 Å². The number of aliphatic hydroxyl groups is 1. The average molecular weight is 310 g/mol. The standard InChI is InChI=1S/C16H18N6O/c17-16-19-5-3-12(21-16)11-8-20-15-14(11)13(4-6-18-15)22-7-1-2-10(23)9-22/h3-6,8,10,23H,1-2,7,9H2,(H,18,20)(H2,17,19,21). The summed E-state index contributed by atoms with van der Waals surface area (Å²) < 4.78 is 0. The van der Waals surface area contributed by atoms with E-state index in [9.17, 15) is 5.11 Å². The monoisotopic (exact) mass is 310 g/mol. The van der Waals surface area contributed by atoms with Gasteiger partial charge in [-0.25, -0.2) is 15.0 Å². The second-order valence-corrected chi connectivity index (χ2v) is 5.80. The molecule has 3 aromatic rings. The summed E-state index contributed by atoms with van der Waals surface area (Å²) in [4.78, 5) is 18.1. The number of anilines is 2. The first kappa shape index (κ1) is 14.0. The van der Waals surface area contributed by atoms with Crippen molar-refractivity contribution in [2.45, 2.75) is 18.9 Å². The maximum absolute atomic E-state index is 9.98. The summed E-state index contributed by atoms with van der Waals surface area (Å²) in [6, 6.07) is 3.82. The smallest absolute Gasteiger partial charge is 0.220 e. The van der Waals surface area contributed by atoms with Gasteiger partial charge in [0.25, 0.3) is 0 Å². The van der Waals surface area contributed by atoms with Crippen LogP contribution in [0.2, 0.25) is 0 Å². The first-order valence-electron chi connectivity index (χ1n) is 7.70. The first-order valence-corrected chi connectivity index (χ1v) is 7.70. The van der Waals surface area contributed by atoms with Crippen molar-refractivity contribution in [2.24, 2.45) is 0 Å². The van der Waals surface area contributed by atoms with E-state index in [1.54, 1.807) is 12.4 Å². The lowest BCUT2D eigenvalue weighted by Crippen LogP contribution is -2.38. The van der Waals surface area contributed by atoms with Gasteiger partial charge >= 0.3 is 0 Å². The molecule has 4 rings (SSSR count). The van der Waals surface area contributed by atoms with Crippen LogP contribution in [-0.4, -0.2) is 44.2 Å². The molecule has 0 radical (unpaired) electrons. The van der Waals surface area contributed by atoms with Gasteiger partial charge in [-0.05, 0) is 25.0 Å². The van der Waals surface area contributed by atoms with Crippen molar-refractivity contribution in [3.05, 3.63) is 30.7 Å². The second-order valence-electron chi connectivity index (χ2n) is 5.80. The number of aliphatic hydroxyl groups excluding tert-OH is 1. The number of pyridine rings is 1. The normalized spacial score (nSPS) is 18.5. The van der Waals surface area contributed by atoms with Crippen LogP contribution in [0.3, 0.4) is 0 Å². The van der Waals surface area contributed by atoms with E-state index in [-0.39, 0.29) is 12.1 Å². The van der Waals surface area contributed by atoms with Gasteiger partial charge in [0.1, 0.15) is 5.65 Å². The molecule has 0 spiro atoms. The maximum atomic E-state index is 9.98. The number of aromatic nitrogens is 4. The lowest BCUT2D eigenvalue weighted by Gasteiger charge is -2.32. The third-order valence-electron chi connectivity index (χ3n) is 4.24. The Morgan fingerprint density at radius 3 is 2.96 bits per heavy atom. The molecule has 4 N–H and O–H groups in total. The highest BCUT2D eigenvalue weighted by molar-refractivity contribution is 6.02. The maximum Gasteiger partial charge on any atom is 0.220 e. The van der Waals surface area contributed by atoms with E-state index in [1.165, 1.54) is 0 Å². The molecule has 1 unspecified atom stereocenters. The molecule has 0 amide bonds. The van der Waals surface area contributed by atoms with Gasteiger partial charge in [-0.15, -0.1) is 0 Å². The van der Waals surface area contributed by atoms with E-state index in [1.807, 2.05) is 18.3 Å². The molecule has 1 atom stereocenters. The summed E-state index contributed by atoms with van der Waals surface area (Å²) >= 11 is 0. The minimum atomic E-state index is -0.288.